The lowest BCUT2D eigenvalue weighted by Gasteiger charge is -2.14. The number of halogens is 4. The third kappa shape index (κ3) is 4.53. The molecule has 0 saturated heterocycles. The highest BCUT2D eigenvalue weighted by atomic mass is 32.1. The molecule has 0 aliphatic heterocycles. The smallest absolute Gasteiger partial charge is 0.389 e. The molecule has 1 atom stereocenters. The lowest BCUT2D eigenvalue weighted by atomic mass is 10.1. The Kier molecular flexibility index (Phi) is 6.25. The number of nitrogens with zero attached hydrogens (tertiary/aromatic N) is 1. The molecule has 1 aromatic carbocycles. The van der Waals surface area contributed by atoms with Crippen LogP contribution in [0.5, 0.6) is 0 Å². The zero-order chi connectivity index (χ0) is 22.1. The minimum absolute atomic E-state index is 0.0665. The third-order valence-corrected chi connectivity index (χ3v) is 5.28. The standard InChI is InChI=1S/C19H18F4N4O2S/c1-9-4-13(10-2-3-11(12(20)5-10)19(21,22)23)26-17(9)18(29)27-14(6-24)15-8-30-16(7-28)25-15/h2-5,8,14,26,28H,6-7,24H2,1H3,(H,27,29)/t14-/m0/s1. The molecular weight excluding hydrogens is 424 g/mol. The molecule has 0 saturated carbocycles. The Hall–Kier alpha value is -2.76. The van der Waals surface area contributed by atoms with Crippen molar-refractivity contribution in [3.8, 4) is 11.3 Å². The summed E-state index contributed by atoms with van der Waals surface area (Å²) < 4.78 is 52.1. The van der Waals surface area contributed by atoms with Crippen molar-refractivity contribution in [1.29, 1.82) is 0 Å². The van der Waals surface area contributed by atoms with Gasteiger partial charge in [0.25, 0.3) is 5.91 Å². The Bertz CT molecular complexity index is 1060. The second-order valence-corrected chi connectivity index (χ2v) is 7.46. The Morgan fingerprint density at radius 2 is 2.10 bits per heavy atom. The molecule has 0 spiro atoms. The molecule has 2 heterocycles. The van der Waals surface area contributed by atoms with Crippen LogP contribution in [0.3, 0.4) is 0 Å². The number of carbonyl (C=O) groups excluding carboxylic acids is 1. The number of hydrogen-bond donors (Lipinski definition) is 4. The van der Waals surface area contributed by atoms with Crippen LogP contribution in [0.15, 0.2) is 29.6 Å². The molecule has 0 bridgehead atoms. The Labute approximate surface area is 172 Å². The Morgan fingerprint density at radius 3 is 2.67 bits per heavy atom. The number of aryl methyl sites for hydroxylation is 1. The number of aliphatic hydroxyl groups excluding tert-OH is 1. The number of thiazole rings is 1. The molecule has 0 fully saturated rings. The minimum atomic E-state index is -4.79. The summed E-state index contributed by atoms with van der Waals surface area (Å²) in [7, 11) is 0. The number of aromatic nitrogens is 2. The van der Waals surface area contributed by atoms with E-state index in [2.05, 4.69) is 15.3 Å². The van der Waals surface area contributed by atoms with E-state index in [1.54, 1.807) is 18.4 Å². The molecule has 11 heteroatoms. The maximum Gasteiger partial charge on any atom is 0.419 e. The van der Waals surface area contributed by atoms with Crippen LogP contribution in [-0.2, 0) is 12.8 Å². The van der Waals surface area contributed by atoms with E-state index >= 15 is 0 Å². The number of alkyl halides is 3. The van der Waals surface area contributed by atoms with Gasteiger partial charge < -0.3 is 21.1 Å². The van der Waals surface area contributed by atoms with E-state index < -0.39 is 29.5 Å². The number of rotatable bonds is 6. The Morgan fingerprint density at radius 1 is 1.37 bits per heavy atom. The molecule has 0 unspecified atom stereocenters. The zero-order valence-electron chi connectivity index (χ0n) is 15.7. The number of benzene rings is 1. The second-order valence-electron chi connectivity index (χ2n) is 6.52. The van der Waals surface area contributed by atoms with Crippen LogP contribution in [0.1, 0.15) is 38.4 Å². The SMILES string of the molecule is Cc1cc(-c2ccc(C(F)(F)F)c(F)c2)[nH]c1C(=O)N[C@@H](CN)c1csc(CO)n1. The van der Waals surface area contributed by atoms with Gasteiger partial charge in [0.05, 0.1) is 23.9 Å². The van der Waals surface area contributed by atoms with Crippen molar-refractivity contribution >= 4 is 17.2 Å². The van der Waals surface area contributed by atoms with E-state index in [1.165, 1.54) is 11.3 Å². The molecule has 5 N–H and O–H groups in total. The lowest BCUT2D eigenvalue weighted by Crippen LogP contribution is -2.34. The van der Waals surface area contributed by atoms with Crippen molar-refractivity contribution in [3.05, 3.63) is 63.0 Å². The van der Waals surface area contributed by atoms with Gasteiger partial charge in [0.2, 0.25) is 0 Å². The normalized spacial score (nSPS) is 12.8. The summed E-state index contributed by atoms with van der Waals surface area (Å²) in [6.45, 7) is 1.48. The molecule has 0 radical (unpaired) electrons. The van der Waals surface area contributed by atoms with E-state index in [-0.39, 0.29) is 24.4 Å². The van der Waals surface area contributed by atoms with Crippen LogP contribution in [0.2, 0.25) is 0 Å². The van der Waals surface area contributed by atoms with Crippen LogP contribution in [0, 0.1) is 12.7 Å². The zero-order valence-corrected chi connectivity index (χ0v) is 16.5. The van der Waals surface area contributed by atoms with Gasteiger partial charge in [0, 0.05) is 23.2 Å². The lowest BCUT2D eigenvalue weighted by molar-refractivity contribution is -0.139. The van der Waals surface area contributed by atoms with E-state index in [9.17, 15) is 22.4 Å². The van der Waals surface area contributed by atoms with Gasteiger partial charge in [-0.15, -0.1) is 11.3 Å². The summed E-state index contributed by atoms with van der Waals surface area (Å²) >= 11 is 1.23. The number of nitrogens with two attached hydrogens (primary N) is 1. The van der Waals surface area contributed by atoms with Crippen molar-refractivity contribution in [1.82, 2.24) is 15.3 Å². The number of amides is 1. The number of H-pyrrole nitrogens is 1. The van der Waals surface area contributed by atoms with E-state index in [1.807, 2.05) is 0 Å². The predicted molar refractivity (Wildman–Crippen MR) is 103 cm³/mol. The second kappa shape index (κ2) is 8.54. The molecule has 2 aromatic heterocycles. The highest BCUT2D eigenvalue weighted by molar-refractivity contribution is 7.09. The average Bonchev–Trinajstić information content (AvgIpc) is 3.31. The molecule has 3 rings (SSSR count). The summed E-state index contributed by atoms with van der Waals surface area (Å²) in [6.07, 6.45) is -4.79. The van der Waals surface area contributed by atoms with Gasteiger partial charge in [-0.2, -0.15) is 13.2 Å². The van der Waals surface area contributed by atoms with Crippen LogP contribution in [0.25, 0.3) is 11.3 Å². The van der Waals surface area contributed by atoms with Gasteiger partial charge in [-0.25, -0.2) is 9.37 Å². The van der Waals surface area contributed by atoms with Gasteiger partial charge in [-0.05, 0) is 30.7 Å². The summed E-state index contributed by atoms with van der Waals surface area (Å²) in [4.78, 5) is 19.7. The number of carbonyl (C=O) groups is 1. The van der Waals surface area contributed by atoms with Crippen LogP contribution < -0.4 is 11.1 Å². The van der Waals surface area contributed by atoms with Crippen molar-refractivity contribution in [2.45, 2.75) is 25.7 Å². The first-order valence-electron chi connectivity index (χ1n) is 8.76. The monoisotopic (exact) mass is 442 g/mol. The van der Waals surface area contributed by atoms with Gasteiger partial charge >= 0.3 is 6.18 Å². The van der Waals surface area contributed by atoms with Crippen LogP contribution >= 0.6 is 11.3 Å². The first-order valence-corrected chi connectivity index (χ1v) is 9.64. The fourth-order valence-corrected chi connectivity index (χ4v) is 3.61. The largest absolute Gasteiger partial charge is 0.419 e. The number of nitrogens with one attached hydrogen (secondary N) is 2. The van der Waals surface area contributed by atoms with Gasteiger partial charge in [0.1, 0.15) is 16.5 Å². The topological polar surface area (TPSA) is 104 Å². The molecule has 6 nitrogen and oxygen atoms in total. The van der Waals surface area contributed by atoms with Gasteiger partial charge in [-0.1, -0.05) is 6.07 Å². The van der Waals surface area contributed by atoms with E-state index in [4.69, 9.17) is 10.8 Å². The molecule has 1 amide bonds. The molecule has 30 heavy (non-hydrogen) atoms. The van der Waals surface area contributed by atoms with Gasteiger partial charge in [-0.3, -0.25) is 4.79 Å². The van der Waals surface area contributed by atoms with E-state index in [0.717, 1.165) is 12.1 Å². The third-order valence-electron chi connectivity index (χ3n) is 4.43. The van der Waals surface area contributed by atoms with Crippen molar-refractivity contribution < 1.29 is 27.5 Å². The summed E-state index contributed by atoms with van der Waals surface area (Å²) in [5.41, 5.74) is 6.03. The quantitative estimate of drug-likeness (QED) is 0.439. The summed E-state index contributed by atoms with van der Waals surface area (Å²) in [5, 5.41) is 14.0. The Balaban J connectivity index is 1.83. The van der Waals surface area contributed by atoms with Crippen LogP contribution in [0.4, 0.5) is 17.6 Å². The average molecular weight is 442 g/mol. The molecule has 0 aliphatic rings. The number of aliphatic hydroxyl groups is 1. The van der Waals surface area contributed by atoms with Crippen LogP contribution in [-0.4, -0.2) is 27.5 Å². The van der Waals surface area contributed by atoms with Crippen molar-refractivity contribution in [2.24, 2.45) is 5.73 Å². The molecular formula is C19H18F4N4O2S. The van der Waals surface area contributed by atoms with Gasteiger partial charge in [0.15, 0.2) is 0 Å². The summed E-state index contributed by atoms with van der Waals surface area (Å²) in [5.74, 6) is -1.90. The van der Waals surface area contributed by atoms with Crippen molar-refractivity contribution in [2.75, 3.05) is 6.54 Å². The maximum atomic E-state index is 13.9. The van der Waals surface area contributed by atoms with E-state index in [0.29, 0.717) is 28.0 Å². The minimum Gasteiger partial charge on any atom is -0.389 e. The van der Waals surface area contributed by atoms with Crippen molar-refractivity contribution in [3.63, 3.8) is 0 Å². The summed E-state index contributed by atoms with van der Waals surface area (Å²) in [6, 6.07) is 3.51. The number of aromatic amines is 1. The fourth-order valence-electron chi connectivity index (χ4n) is 2.90. The number of hydrogen-bond acceptors (Lipinski definition) is 5. The highest BCUT2D eigenvalue weighted by Crippen LogP contribution is 2.33. The first-order chi connectivity index (χ1) is 14.1. The molecule has 3 aromatic rings. The highest BCUT2D eigenvalue weighted by Gasteiger charge is 2.34. The fraction of sp³-hybridized carbons (Fsp3) is 0.263. The molecule has 0 aliphatic carbocycles. The molecule has 160 valence electrons. The first kappa shape index (κ1) is 21.9. The predicted octanol–water partition coefficient (Wildman–Crippen LogP) is 3.53. The maximum absolute atomic E-state index is 13.9.